The summed E-state index contributed by atoms with van der Waals surface area (Å²) < 4.78 is 7.27. The number of para-hydroxylation sites is 1. The molecule has 0 radical (unpaired) electrons. The van der Waals surface area contributed by atoms with Crippen LogP contribution in [0, 0.1) is 0 Å². The molecule has 0 N–H and O–H groups in total. The molecule has 0 amide bonds. The van der Waals surface area contributed by atoms with Gasteiger partial charge in [0.15, 0.2) is 5.43 Å². The molecule has 0 saturated heterocycles. The maximum atomic E-state index is 11.6. The van der Waals surface area contributed by atoms with Crippen LogP contribution < -0.4 is 10.2 Å². The highest BCUT2D eigenvalue weighted by atomic mass is 16.5. The van der Waals surface area contributed by atoms with Crippen LogP contribution >= 0.6 is 0 Å². The molecule has 2 rings (SSSR count). The van der Waals surface area contributed by atoms with Crippen LogP contribution in [0.15, 0.2) is 35.3 Å². The quantitative estimate of drug-likeness (QED) is 0.747. The van der Waals surface area contributed by atoms with E-state index in [4.69, 9.17) is 4.74 Å². The first-order valence-electron chi connectivity index (χ1n) is 4.94. The number of ether oxygens (including phenoxy) is 1. The van der Waals surface area contributed by atoms with Gasteiger partial charge in [0, 0.05) is 24.2 Å². The molecule has 1 aromatic heterocycles. The minimum Gasteiger partial charge on any atom is -0.495 e. The van der Waals surface area contributed by atoms with Crippen molar-refractivity contribution in [3.63, 3.8) is 0 Å². The molecule has 0 atom stereocenters. The third-order valence-electron chi connectivity index (χ3n) is 2.52. The van der Waals surface area contributed by atoms with Gasteiger partial charge in [0.1, 0.15) is 5.75 Å². The number of nitrogens with zero attached hydrogens (tertiary/aromatic N) is 1. The number of aromatic nitrogens is 1. The highest BCUT2D eigenvalue weighted by molar-refractivity contribution is 5.84. The average Bonchev–Trinajstić information content (AvgIpc) is 2.29. The van der Waals surface area contributed by atoms with Gasteiger partial charge in [0.05, 0.1) is 12.6 Å². The predicted octanol–water partition coefficient (Wildman–Crippen LogP) is 2.03. The van der Waals surface area contributed by atoms with Gasteiger partial charge in [-0.1, -0.05) is 6.07 Å². The second-order valence-electron chi connectivity index (χ2n) is 3.32. The summed E-state index contributed by atoms with van der Waals surface area (Å²) in [6.45, 7) is 2.85. The Morgan fingerprint density at radius 3 is 2.80 bits per heavy atom. The number of rotatable bonds is 2. The highest BCUT2D eigenvalue weighted by Gasteiger charge is 2.06. The zero-order chi connectivity index (χ0) is 10.8. The van der Waals surface area contributed by atoms with E-state index in [2.05, 4.69) is 0 Å². The third-order valence-corrected chi connectivity index (χ3v) is 2.52. The minimum atomic E-state index is 0.0357. The molecule has 78 valence electrons. The number of hydrogen-bond acceptors (Lipinski definition) is 2. The van der Waals surface area contributed by atoms with Crippen LogP contribution in [0.25, 0.3) is 10.9 Å². The van der Waals surface area contributed by atoms with Crippen LogP contribution in [0.4, 0.5) is 0 Å². The molecule has 0 fully saturated rings. The summed E-state index contributed by atoms with van der Waals surface area (Å²) in [7, 11) is 1.62. The lowest BCUT2D eigenvalue weighted by molar-refractivity contribution is 0.417. The normalized spacial score (nSPS) is 10.5. The van der Waals surface area contributed by atoms with Crippen molar-refractivity contribution in [2.45, 2.75) is 13.5 Å². The van der Waals surface area contributed by atoms with Crippen LogP contribution in [0.1, 0.15) is 6.92 Å². The van der Waals surface area contributed by atoms with Gasteiger partial charge in [-0.05, 0) is 19.1 Å². The number of aryl methyl sites for hydroxylation is 1. The molecular formula is C12H13NO2. The summed E-state index contributed by atoms with van der Waals surface area (Å²) in [5.41, 5.74) is 0.906. The Hall–Kier alpha value is -1.77. The molecule has 2 aromatic rings. The maximum absolute atomic E-state index is 11.6. The van der Waals surface area contributed by atoms with E-state index in [0.29, 0.717) is 5.39 Å². The summed E-state index contributed by atoms with van der Waals surface area (Å²) in [5, 5.41) is 0.707. The van der Waals surface area contributed by atoms with E-state index >= 15 is 0 Å². The van der Waals surface area contributed by atoms with E-state index in [9.17, 15) is 4.79 Å². The van der Waals surface area contributed by atoms with E-state index in [1.54, 1.807) is 19.4 Å². The largest absolute Gasteiger partial charge is 0.495 e. The van der Waals surface area contributed by atoms with Crippen LogP contribution in [0.5, 0.6) is 5.75 Å². The monoisotopic (exact) mass is 203 g/mol. The van der Waals surface area contributed by atoms with Gasteiger partial charge < -0.3 is 9.30 Å². The molecule has 15 heavy (non-hydrogen) atoms. The lowest BCUT2D eigenvalue weighted by Gasteiger charge is -2.11. The second kappa shape index (κ2) is 3.77. The second-order valence-corrected chi connectivity index (χ2v) is 3.32. The minimum absolute atomic E-state index is 0.0357. The van der Waals surface area contributed by atoms with E-state index in [1.807, 2.05) is 29.7 Å². The van der Waals surface area contributed by atoms with Gasteiger partial charge in [0.25, 0.3) is 0 Å². The summed E-state index contributed by atoms with van der Waals surface area (Å²) in [6.07, 6.45) is 1.80. The van der Waals surface area contributed by atoms with Crippen molar-refractivity contribution in [2.75, 3.05) is 7.11 Å². The van der Waals surface area contributed by atoms with Gasteiger partial charge in [0.2, 0.25) is 0 Å². The van der Waals surface area contributed by atoms with E-state index in [0.717, 1.165) is 17.8 Å². The van der Waals surface area contributed by atoms with Gasteiger partial charge in [-0.2, -0.15) is 0 Å². The summed E-state index contributed by atoms with van der Waals surface area (Å²) >= 11 is 0. The van der Waals surface area contributed by atoms with Crippen molar-refractivity contribution in [3.05, 3.63) is 40.7 Å². The number of benzene rings is 1. The molecule has 3 heteroatoms. The first-order valence-corrected chi connectivity index (χ1v) is 4.94. The lowest BCUT2D eigenvalue weighted by atomic mass is 10.2. The molecule has 0 aliphatic carbocycles. The Kier molecular flexibility index (Phi) is 2.46. The predicted molar refractivity (Wildman–Crippen MR) is 60.4 cm³/mol. The first-order chi connectivity index (χ1) is 7.27. The van der Waals surface area contributed by atoms with Crippen molar-refractivity contribution in [1.82, 2.24) is 4.57 Å². The van der Waals surface area contributed by atoms with Crippen LogP contribution in [-0.4, -0.2) is 11.7 Å². The molecule has 0 aliphatic heterocycles. The van der Waals surface area contributed by atoms with E-state index in [1.165, 1.54) is 0 Å². The van der Waals surface area contributed by atoms with Gasteiger partial charge >= 0.3 is 0 Å². The van der Waals surface area contributed by atoms with Gasteiger partial charge in [-0.15, -0.1) is 0 Å². The third kappa shape index (κ3) is 1.50. The van der Waals surface area contributed by atoms with Crippen molar-refractivity contribution in [2.24, 2.45) is 0 Å². The van der Waals surface area contributed by atoms with Crippen LogP contribution in [0.3, 0.4) is 0 Å². The number of methoxy groups -OCH3 is 1. The lowest BCUT2D eigenvalue weighted by Crippen LogP contribution is -2.07. The van der Waals surface area contributed by atoms with Crippen molar-refractivity contribution in [3.8, 4) is 5.75 Å². The molecule has 3 nitrogen and oxygen atoms in total. The Labute approximate surface area is 87.9 Å². The molecule has 0 spiro atoms. The Bertz CT molecular complexity index is 533. The smallest absolute Gasteiger partial charge is 0.189 e. The van der Waals surface area contributed by atoms with Crippen LogP contribution in [0.2, 0.25) is 0 Å². The average molecular weight is 203 g/mol. The molecule has 0 bridgehead atoms. The number of hydrogen-bond donors (Lipinski definition) is 0. The molecule has 0 unspecified atom stereocenters. The molecule has 0 aliphatic rings. The zero-order valence-corrected chi connectivity index (χ0v) is 8.86. The summed E-state index contributed by atoms with van der Waals surface area (Å²) in [4.78, 5) is 11.6. The van der Waals surface area contributed by atoms with Crippen molar-refractivity contribution < 1.29 is 4.74 Å². The Balaban J connectivity index is 2.94. The fourth-order valence-corrected chi connectivity index (χ4v) is 1.77. The van der Waals surface area contributed by atoms with Crippen molar-refractivity contribution >= 4 is 10.9 Å². The zero-order valence-electron chi connectivity index (χ0n) is 8.86. The maximum Gasteiger partial charge on any atom is 0.189 e. The van der Waals surface area contributed by atoms with Crippen molar-refractivity contribution in [1.29, 1.82) is 0 Å². The van der Waals surface area contributed by atoms with E-state index < -0.39 is 0 Å². The number of pyridine rings is 1. The van der Waals surface area contributed by atoms with Crippen LogP contribution in [-0.2, 0) is 6.54 Å². The molecule has 1 heterocycles. The van der Waals surface area contributed by atoms with Gasteiger partial charge in [-0.25, -0.2) is 0 Å². The highest BCUT2D eigenvalue weighted by Crippen LogP contribution is 2.22. The molecule has 0 saturated carbocycles. The first kappa shape index (κ1) is 9.77. The Morgan fingerprint density at radius 1 is 1.33 bits per heavy atom. The fourth-order valence-electron chi connectivity index (χ4n) is 1.77. The molecular weight excluding hydrogens is 190 g/mol. The Morgan fingerprint density at radius 2 is 2.13 bits per heavy atom. The van der Waals surface area contributed by atoms with E-state index in [-0.39, 0.29) is 5.43 Å². The standard InChI is InChI=1S/C12H13NO2/c1-3-13-8-7-10(14)9-5-4-6-11(15-2)12(9)13/h4-8H,3H2,1-2H3. The summed E-state index contributed by atoms with van der Waals surface area (Å²) in [5.74, 6) is 0.743. The topological polar surface area (TPSA) is 31.2 Å². The number of fused-ring (bicyclic) bond motifs is 1. The SMILES string of the molecule is CCn1ccc(=O)c2cccc(OC)c21. The summed E-state index contributed by atoms with van der Waals surface area (Å²) in [6, 6.07) is 7.12. The fraction of sp³-hybridized carbons (Fsp3) is 0.250. The van der Waals surface area contributed by atoms with Gasteiger partial charge in [-0.3, -0.25) is 4.79 Å². The molecule has 1 aromatic carbocycles.